The highest BCUT2D eigenvalue weighted by Crippen LogP contribution is 2.22. The minimum absolute atomic E-state index is 0.0789. The Morgan fingerprint density at radius 3 is 2.36 bits per heavy atom. The molecule has 0 unspecified atom stereocenters. The Balaban J connectivity index is 1.97. The maximum atomic E-state index is 13.1. The number of hydrogen-bond acceptors (Lipinski definition) is 4. The van der Waals surface area contributed by atoms with Gasteiger partial charge in [0.2, 0.25) is 0 Å². The van der Waals surface area contributed by atoms with Gasteiger partial charge in [0.25, 0.3) is 17.2 Å². The number of nitro benzene ring substituents is 1. The van der Waals surface area contributed by atoms with E-state index in [2.05, 4.69) is 4.98 Å². The first-order valence-corrected chi connectivity index (χ1v) is 8.84. The van der Waals surface area contributed by atoms with Gasteiger partial charge in [-0.2, -0.15) is 0 Å². The standard InChI is InChI=1S/C21H21N3O4/c1-21(2,3)23(20(26)14-8-10-17(11-9-14)24(27)28)13-16-12-15-6-4-5-7-18(15)22-19(16)25/h4-12H,13H2,1-3H3,(H,22,25). The number of H-pyrrole nitrogens is 1. The van der Waals surface area contributed by atoms with Gasteiger partial charge < -0.3 is 9.88 Å². The summed E-state index contributed by atoms with van der Waals surface area (Å²) in [6, 6.07) is 14.7. The summed E-state index contributed by atoms with van der Waals surface area (Å²) in [6.07, 6.45) is 0. The summed E-state index contributed by atoms with van der Waals surface area (Å²) in [5.41, 5.74) is 0.660. The van der Waals surface area contributed by atoms with E-state index in [1.165, 1.54) is 24.3 Å². The second-order valence-corrected chi connectivity index (χ2v) is 7.58. The van der Waals surface area contributed by atoms with Gasteiger partial charge in [-0.25, -0.2) is 0 Å². The van der Waals surface area contributed by atoms with Gasteiger partial charge in [0.1, 0.15) is 0 Å². The second kappa shape index (κ2) is 7.26. The quantitative estimate of drug-likeness (QED) is 0.549. The Morgan fingerprint density at radius 1 is 1.11 bits per heavy atom. The van der Waals surface area contributed by atoms with Crippen molar-refractivity contribution in [3.63, 3.8) is 0 Å². The Kier molecular flexibility index (Phi) is 5.00. The molecule has 0 bridgehead atoms. The lowest BCUT2D eigenvalue weighted by atomic mass is 10.0. The van der Waals surface area contributed by atoms with E-state index in [-0.39, 0.29) is 23.7 Å². The maximum Gasteiger partial charge on any atom is 0.269 e. The van der Waals surface area contributed by atoms with Gasteiger partial charge in [-0.1, -0.05) is 18.2 Å². The molecular formula is C21H21N3O4. The van der Waals surface area contributed by atoms with Crippen molar-refractivity contribution < 1.29 is 9.72 Å². The van der Waals surface area contributed by atoms with Gasteiger partial charge in [-0.05, 0) is 50.4 Å². The van der Waals surface area contributed by atoms with Gasteiger partial charge in [-0.3, -0.25) is 19.7 Å². The number of rotatable bonds is 4. The molecule has 0 aliphatic rings. The van der Waals surface area contributed by atoms with E-state index >= 15 is 0 Å². The average molecular weight is 379 g/mol. The number of hydrogen-bond donors (Lipinski definition) is 1. The molecule has 0 aliphatic carbocycles. The molecule has 1 aromatic heterocycles. The molecule has 2 aromatic carbocycles. The number of pyridine rings is 1. The molecule has 144 valence electrons. The average Bonchev–Trinajstić information content (AvgIpc) is 2.65. The number of fused-ring (bicyclic) bond motifs is 1. The summed E-state index contributed by atoms with van der Waals surface area (Å²) < 4.78 is 0. The maximum absolute atomic E-state index is 13.1. The number of nitrogens with one attached hydrogen (secondary N) is 1. The lowest BCUT2D eigenvalue weighted by Gasteiger charge is -2.35. The van der Waals surface area contributed by atoms with E-state index in [4.69, 9.17) is 0 Å². The molecule has 3 aromatic rings. The molecule has 0 atom stereocenters. The minimum atomic E-state index is -0.559. The summed E-state index contributed by atoms with van der Waals surface area (Å²) in [6.45, 7) is 5.77. The van der Waals surface area contributed by atoms with Crippen molar-refractivity contribution >= 4 is 22.5 Å². The molecule has 3 rings (SSSR count). The van der Waals surface area contributed by atoms with Crippen LogP contribution in [0.2, 0.25) is 0 Å². The molecule has 0 saturated heterocycles. The summed E-state index contributed by atoms with van der Waals surface area (Å²) in [7, 11) is 0. The van der Waals surface area contributed by atoms with Crippen LogP contribution in [0.3, 0.4) is 0 Å². The zero-order valence-corrected chi connectivity index (χ0v) is 15.9. The Labute approximate surface area is 161 Å². The summed E-state index contributed by atoms with van der Waals surface area (Å²) in [5, 5.41) is 11.7. The van der Waals surface area contributed by atoms with Crippen molar-refractivity contribution in [2.75, 3.05) is 0 Å². The summed E-state index contributed by atoms with van der Waals surface area (Å²) >= 11 is 0. The van der Waals surface area contributed by atoms with Crippen LogP contribution in [-0.4, -0.2) is 26.3 Å². The smallest absolute Gasteiger partial charge is 0.269 e. The molecular weight excluding hydrogens is 358 g/mol. The number of benzene rings is 2. The van der Waals surface area contributed by atoms with E-state index < -0.39 is 10.5 Å². The molecule has 7 nitrogen and oxygen atoms in total. The van der Waals surface area contributed by atoms with Crippen LogP contribution in [0.5, 0.6) is 0 Å². The highest BCUT2D eigenvalue weighted by atomic mass is 16.6. The van der Waals surface area contributed by atoms with Crippen LogP contribution in [0.4, 0.5) is 5.69 Å². The number of nitrogens with zero attached hydrogens (tertiary/aromatic N) is 2. The number of aromatic nitrogens is 1. The molecule has 7 heteroatoms. The number of carbonyl (C=O) groups is 1. The van der Waals surface area contributed by atoms with Gasteiger partial charge in [0.15, 0.2) is 0 Å². The number of nitro groups is 1. The van der Waals surface area contributed by atoms with Crippen LogP contribution in [0.15, 0.2) is 59.4 Å². The normalized spacial score (nSPS) is 11.4. The summed E-state index contributed by atoms with van der Waals surface area (Å²) in [5.74, 6) is -0.296. The van der Waals surface area contributed by atoms with E-state index in [0.717, 1.165) is 10.9 Å². The number of aromatic amines is 1. The van der Waals surface area contributed by atoms with Crippen LogP contribution in [0, 0.1) is 10.1 Å². The van der Waals surface area contributed by atoms with Crippen molar-refractivity contribution in [2.45, 2.75) is 32.9 Å². The molecule has 0 fully saturated rings. The topological polar surface area (TPSA) is 96.3 Å². The molecule has 1 heterocycles. The number of carbonyl (C=O) groups excluding carboxylic acids is 1. The lowest BCUT2D eigenvalue weighted by molar-refractivity contribution is -0.384. The third-order valence-corrected chi connectivity index (χ3v) is 4.54. The fourth-order valence-corrected chi connectivity index (χ4v) is 2.98. The van der Waals surface area contributed by atoms with Gasteiger partial charge in [0.05, 0.1) is 11.5 Å². The zero-order valence-electron chi connectivity index (χ0n) is 15.9. The van der Waals surface area contributed by atoms with E-state index in [0.29, 0.717) is 11.1 Å². The summed E-state index contributed by atoms with van der Waals surface area (Å²) in [4.78, 5) is 40.4. The molecule has 0 spiro atoms. The van der Waals surface area contributed by atoms with Gasteiger partial charge in [-0.15, -0.1) is 0 Å². The molecule has 0 saturated carbocycles. The number of amides is 1. The Bertz CT molecular complexity index is 1100. The SMILES string of the molecule is CC(C)(C)N(Cc1cc2ccccc2[nH]c1=O)C(=O)c1ccc([N+](=O)[O-])cc1. The van der Waals surface area contributed by atoms with Crippen LogP contribution in [0.25, 0.3) is 10.9 Å². The molecule has 28 heavy (non-hydrogen) atoms. The molecule has 0 aliphatic heterocycles. The van der Waals surface area contributed by atoms with Crippen LogP contribution in [0.1, 0.15) is 36.7 Å². The van der Waals surface area contributed by atoms with Crippen molar-refractivity contribution in [3.8, 4) is 0 Å². The molecule has 1 amide bonds. The predicted molar refractivity (Wildman–Crippen MR) is 107 cm³/mol. The Hall–Kier alpha value is -3.48. The molecule has 0 radical (unpaired) electrons. The van der Waals surface area contributed by atoms with Crippen molar-refractivity contribution in [2.24, 2.45) is 0 Å². The number of non-ortho nitro benzene ring substituents is 1. The lowest BCUT2D eigenvalue weighted by Crippen LogP contribution is -2.46. The van der Waals surface area contributed by atoms with Gasteiger partial charge in [0, 0.05) is 34.3 Å². The fraction of sp³-hybridized carbons (Fsp3) is 0.238. The van der Waals surface area contributed by atoms with Crippen molar-refractivity contribution in [1.29, 1.82) is 0 Å². The largest absolute Gasteiger partial charge is 0.329 e. The van der Waals surface area contributed by atoms with Crippen LogP contribution < -0.4 is 5.56 Å². The fourth-order valence-electron chi connectivity index (χ4n) is 2.98. The third-order valence-electron chi connectivity index (χ3n) is 4.54. The third kappa shape index (κ3) is 3.93. The molecule has 1 N–H and O–H groups in total. The predicted octanol–water partition coefficient (Wildman–Crippen LogP) is 3.88. The van der Waals surface area contributed by atoms with E-state index in [9.17, 15) is 19.7 Å². The Morgan fingerprint density at radius 2 is 1.75 bits per heavy atom. The second-order valence-electron chi connectivity index (χ2n) is 7.58. The van der Waals surface area contributed by atoms with Crippen LogP contribution in [-0.2, 0) is 6.54 Å². The van der Waals surface area contributed by atoms with Crippen molar-refractivity contribution in [3.05, 3.63) is 86.2 Å². The van der Waals surface area contributed by atoms with E-state index in [1.807, 2.05) is 45.0 Å². The van der Waals surface area contributed by atoms with Gasteiger partial charge >= 0.3 is 0 Å². The first kappa shape index (κ1) is 19.3. The number of para-hydroxylation sites is 1. The monoisotopic (exact) mass is 379 g/mol. The van der Waals surface area contributed by atoms with Crippen molar-refractivity contribution in [1.82, 2.24) is 9.88 Å². The minimum Gasteiger partial charge on any atom is -0.329 e. The van der Waals surface area contributed by atoms with Crippen LogP contribution >= 0.6 is 0 Å². The first-order chi connectivity index (χ1) is 13.2. The zero-order chi connectivity index (χ0) is 20.5. The first-order valence-electron chi connectivity index (χ1n) is 8.84. The highest BCUT2D eigenvalue weighted by Gasteiger charge is 2.28. The highest BCUT2D eigenvalue weighted by molar-refractivity contribution is 5.95. The van der Waals surface area contributed by atoms with E-state index in [1.54, 1.807) is 11.0 Å².